The van der Waals surface area contributed by atoms with Crippen LogP contribution in [-0.2, 0) is 10.9 Å². The lowest BCUT2D eigenvalue weighted by atomic mass is 9.82. The van der Waals surface area contributed by atoms with Crippen molar-refractivity contribution in [3.63, 3.8) is 0 Å². The van der Waals surface area contributed by atoms with Crippen LogP contribution < -0.4 is 4.74 Å². The third kappa shape index (κ3) is 3.77. The monoisotopic (exact) mass is 473 g/mol. The Kier molecular flexibility index (Phi) is 5.72. The molecule has 34 heavy (non-hydrogen) atoms. The van der Waals surface area contributed by atoms with E-state index in [1.165, 1.54) is 29.1 Å². The average Bonchev–Trinajstić information content (AvgIpc) is 3.56. The summed E-state index contributed by atoms with van der Waals surface area (Å²) in [5, 5.41) is 0. The lowest BCUT2D eigenvalue weighted by molar-refractivity contribution is 0.0141. The quantitative estimate of drug-likeness (QED) is 0.328. The topological polar surface area (TPSA) is 9.23 Å². The summed E-state index contributed by atoms with van der Waals surface area (Å²) in [6.07, 6.45) is 6.37. The molecule has 176 valence electrons. The molecule has 2 bridgehead atoms. The van der Waals surface area contributed by atoms with Gasteiger partial charge in [-0.1, -0.05) is 50.2 Å². The summed E-state index contributed by atoms with van der Waals surface area (Å²) < 4.78 is 22.1. The van der Waals surface area contributed by atoms with Crippen LogP contribution in [0.25, 0.3) is 0 Å². The second-order valence-electron chi connectivity index (χ2n) is 10.9. The first-order valence-electron chi connectivity index (χ1n) is 12.9. The summed E-state index contributed by atoms with van der Waals surface area (Å²) in [6, 6.07) is 26.7. The molecule has 0 saturated heterocycles. The van der Waals surface area contributed by atoms with Crippen LogP contribution in [-0.4, -0.2) is 5.60 Å². The zero-order chi connectivity index (χ0) is 23.3. The van der Waals surface area contributed by atoms with Gasteiger partial charge in [-0.3, -0.25) is 0 Å². The van der Waals surface area contributed by atoms with Crippen LogP contribution in [0, 0.1) is 35.4 Å². The molecule has 3 saturated carbocycles. The van der Waals surface area contributed by atoms with Crippen LogP contribution in [0.15, 0.2) is 93.5 Å². The molecule has 4 unspecified atom stereocenters. The Balaban J connectivity index is 1.36. The van der Waals surface area contributed by atoms with Crippen molar-refractivity contribution in [2.24, 2.45) is 29.6 Å². The largest absolute Gasteiger partial charge is 0.484 e. The van der Waals surface area contributed by atoms with E-state index in [1.807, 2.05) is 24.3 Å². The van der Waals surface area contributed by atoms with Gasteiger partial charge in [0.2, 0.25) is 0 Å². The molecule has 6 rings (SSSR count). The highest BCUT2D eigenvalue weighted by Crippen LogP contribution is 2.63. The van der Waals surface area contributed by atoms with Gasteiger partial charge in [-0.2, -0.15) is 0 Å². The summed E-state index contributed by atoms with van der Waals surface area (Å²) in [4.78, 5) is 3.57. The number of rotatable bonds is 6. The molecule has 4 atom stereocenters. The predicted octanol–water partition coefficient (Wildman–Crippen LogP) is 8.15. The maximum Gasteiger partial charge on any atom is 0.170 e. The van der Waals surface area contributed by atoms with E-state index in [-0.39, 0.29) is 22.3 Å². The summed E-state index contributed by atoms with van der Waals surface area (Å²) >= 11 is 0. The van der Waals surface area contributed by atoms with Crippen LogP contribution in [0.2, 0.25) is 0 Å². The van der Waals surface area contributed by atoms with E-state index in [4.69, 9.17) is 4.74 Å². The van der Waals surface area contributed by atoms with E-state index in [9.17, 15) is 0 Å². The van der Waals surface area contributed by atoms with Gasteiger partial charge in [-0.15, -0.1) is 0 Å². The number of hydrogen-bond acceptors (Lipinski definition) is 1. The van der Waals surface area contributed by atoms with Crippen LogP contribution in [0.1, 0.15) is 46.0 Å². The van der Waals surface area contributed by atoms with Gasteiger partial charge in [0.15, 0.2) is 26.3 Å². The minimum atomic E-state index is -0.313. The first kappa shape index (κ1) is 22.2. The van der Waals surface area contributed by atoms with Gasteiger partial charge in [-0.05, 0) is 98.1 Å². The fraction of sp³-hybridized carbons (Fsp3) is 0.419. The lowest BCUT2D eigenvalue weighted by Crippen LogP contribution is -2.40. The van der Waals surface area contributed by atoms with E-state index >= 15 is 4.39 Å². The van der Waals surface area contributed by atoms with Crippen molar-refractivity contribution in [2.45, 2.75) is 66.2 Å². The van der Waals surface area contributed by atoms with E-state index in [0.717, 1.165) is 41.4 Å². The van der Waals surface area contributed by atoms with Crippen molar-refractivity contribution < 1.29 is 9.13 Å². The number of ether oxygens (including phenoxy) is 1. The minimum absolute atomic E-state index is 0.242. The second kappa shape index (κ2) is 8.75. The maximum absolute atomic E-state index is 15.3. The van der Waals surface area contributed by atoms with E-state index in [0.29, 0.717) is 11.7 Å². The first-order chi connectivity index (χ1) is 16.5. The van der Waals surface area contributed by atoms with Crippen molar-refractivity contribution >= 4 is 10.9 Å². The fourth-order valence-electron chi connectivity index (χ4n) is 7.15. The molecular weight excluding hydrogens is 439 g/mol. The Labute approximate surface area is 206 Å². The van der Waals surface area contributed by atoms with Crippen molar-refractivity contribution in [3.05, 3.63) is 84.7 Å². The SMILES string of the molecule is CC(C)C1(Oc2cc([S+](c3ccccc3)c3ccccc3)ccc2F)CC2C3CCC(C3)C2C1. The molecular formula is C31H34FOS+. The van der Waals surface area contributed by atoms with Crippen LogP contribution in [0.3, 0.4) is 0 Å². The highest BCUT2D eigenvalue weighted by molar-refractivity contribution is 7.97. The highest BCUT2D eigenvalue weighted by Gasteiger charge is 2.59. The normalized spacial score (nSPS) is 29.7. The van der Waals surface area contributed by atoms with Gasteiger partial charge in [0.25, 0.3) is 0 Å². The third-order valence-electron chi connectivity index (χ3n) is 8.90. The first-order valence-corrected chi connectivity index (χ1v) is 14.1. The summed E-state index contributed by atoms with van der Waals surface area (Å²) in [5.74, 6) is 3.85. The van der Waals surface area contributed by atoms with E-state index < -0.39 is 0 Å². The Bertz CT molecular complexity index is 1090. The molecule has 0 spiro atoms. The average molecular weight is 474 g/mol. The number of fused-ring (bicyclic) bond motifs is 5. The molecule has 0 amide bonds. The van der Waals surface area contributed by atoms with Gasteiger partial charge in [0, 0.05) is 6.07 Å². The molecule has 3 aromatic carbocycles. The Morgan fingerprint density at radius 3 is 1.88 bits per heavy atom. The third-order valence-corrected chi connectivity index (χ3v) is 11.1. The summed E-state index contributed by atoms with van der Waals surface area (Å²) in [5.41, 5.74) is -0.256. The molecule has 3 aliphatic rings. The smallest absolute Gasteiger partial charge is 0.170 e. The van der Waals surface area contributed by atoms with Crippen LogP contribution >= 0.6 is 0 Å². The molecule has 0 heterocycles. The van der Waals surface area contributed by atoms with Gasteiger partial charge in [0.05, 0.1) is 10.9 Å². The Morgan fingerprint density at radius 2 is 1.35 bits per heavy atom. The Morgan fingerprint density at radius 1 is 0.794 bits per heavy atom. The van der Waals surface area contributed by atoms with Crippen molar-refractivity contribution in [3.8, 4) is 5.75 Å². The fourth-order valence-corrected chi connectivity index (χ4v) is 9.25. The summed E-state index contributed by atoms with van der Waals surface area (Å²) in [6.45, 7) is 4.53. The minimum Gasteiger partial charge on any atom is -0.484 e. The molecule has 0 radical (unpaired) electrons. The maximum atomic E-state index is 15.3. The molecule has 0 N–H and O–H groups in total. The molecule has 0 aromatic heterocycles. The van der Waals surface area contributed by atoms with Crippen LogP contribution in [0.5, 0.6) is 5.75 Å². The summed E-state index contributed by atoms with van der Waals surface area (Å²) in [7, 11) is -0.313. The van der Waals surface area contributed by atoms with E-state index in [2.05, 4.69) is 62.4 Å². The molecule has 1 nitrogen and oxygen atoms in total. The number of halogens is 1. The van der Waals surface area contributed by atoms with Gasteiger partial charge in [-0.25, -0.2) is 4.39 Å². The van der Waals surface area contributed by atoms with Crippen molar-refractivity contribution in [1.29, 1.82) is 0 Å². The second-order valence-corrected chi connectivity index (χ2v) is 12.9. The molecule has 3 heteroatoms. The van der Waals surface area contributed by atoms with E-state index in [1.54, 1.807) is 6.07 Å². The molecule has 3 aliphatic carbocycles. The van der Waals surface area contributed by atoms with Crippen molar-refractivity contribution in [2.75, 3.05) is 0 Å². The number of hydrogen-bond donors (Lipinski definition) is 0. The lowest BCUT2D eigenvalue weighted by Gasteiger charge is -2.36. The molecule has 3 aromatic rings. The zero-order valence-electron chi connectivity index (χ0n) is 20.1. The standard InChI is InChI=1S/C31H34FOS/c1-21(2)31(19-27-22-13-14-23(17-22)28(27)20-31)33-30-18-26(15-16-29(30)32)34(24-9-5-3-6-10-24)25-11-7-4-8-12-25/h3-12,15-16,18,21-23,27-28H,13-14,17,19-20H2,1-2H3/q+1. The predicted molar refractivity (Wildman–Crippen MR) is 137 cm³/mol. The van der Waals surface area contributed by atoms with Gasteiger partial charge < -0.3 is 4.74 Å². The molecule has 3 fully saturated rings. The highest BCUT2D eigenvalue weighted by atomic mass is 32.2. The zero-order valence-corrected chi connectivity index (χ0v) is 20.9. The van der Waals surface area contributed by atoms with Crippen LogP contribution in [0.4, 0.5) is 4.39 Å². The van der Waals surface area contributed by atoms with Gasteiger partial charge >= 0.3 is 0 Å². The van der Waals surface area contributed by atoms with Gasteiger partial charge in [0.1, 0.15) is 5.60 Å². The molecule has 0 aliphatic heterocycles. The van der Waals surface area contributed by atoms with Crippen molar-refractivity contribution in [1.82, 2.24) is 0 Å². The Hall–Kier alpha value is -2.26. The number of benzene rings is 3.